The fourth-order valence-corrected chi connectivity index (χ4v) is 4.97. The number of aromatic nitrogens is 2. The van der Waals surface area contributed by atoms with Gasteiger partial charge in [-0.15, -0.1) is 11.3 Å². The number of hydrogen-bond donors (Lipinski definition) is 1. The first-order valence-electron chi connectivity index (χ1n) is 8.44. The van der Waals surface area contributed by atoms with Crippen molar-refractivity contribution >= 4 is 21.6 Å². The van der Waals surface area contributed by atoms with Crippen LogP contribution in [0.5, 0.6) is 0 Å². The maximum Gasteiger partial charge on any atom is 0.401 e. The van der Waals surface area contributed by atoms with E-state index in [9.17, 15) is 18.0 Å². The van der Waals surface area contributed by atoms with Crippen molar-refractivity contribution in [1.82, 2.24) is 19.8 Å². The van der Waals surface area contributed by atoms with E-state index in [0.717, 1.165) is 35.0 Å². The van der Waals surface area contributed by atoms with Crippen molar-refractivity contribution in [3.63, 3.8) is 0 Å². The minimum absolute atomic E-state index is 0.0879. The fourth-order valence-electron chi connectivity index (χ4n) is 3.69. The summed E-state index contributed by atoms with van der Waals surface area (Å²) in [4.78, 5) is 25.4. The van der Waals surface area contributed by atoms with E-state index in [0.29, 0.717) is 38.5 Å². The molecule has 0 bridgehead atoms. The van der Waals surface area contributed by atoms with Gasteiger partial charge in [0.25, 0.3) is 5.56 Å². The maximum atomic E-state index is 12.4. The number of halogens is 3. The highest BCUT2D eigenvalue weighted by Crippen LogP contribution is 2.34. The normalized spacial score (nSPS) is 19.6. The lowest BCUT2D eigenvalue weighted by Crippen LogP contribution is -2.48. The molecule has 0 unspecified atom stereocenters. The van der Waals surface area contributed by atoms with Gasteiger partial charge in [0, 0.05) is 31.1 Å². The highest BCUT2D eigenvalue weighted by atomic mass is 32.1. The molecular weight excluding hydrogens is 353 g/mol. The molecule has 0 saturated carbocycles. The topological polar surface area (TPSA) is 52.2 Å². The first kappa shape index (κ1) is 17.0. The van der Waals surface area contributed by atoms with Crippen molar-refractivity contribution in [2.45, 2.75) is 32.0 Å². The van der Waals surface area contributed by atoms with E-state index >= 15 is 0 Å². The fraction of sp³-hybridized carbons (Fsp3) is 0.625. The summed E-state index contributed by atoms with van der Waals surface area (Å²) in [5, 5.41) is 0.733. The van der Waals surface area contributed by atoms with Gasteiger partial charge in [-0.25, -0.2) is 4.98 Å². The molecule has 2 aromatic heterocycles. The molecule has 3 heterocycles. The molecule has 2 aromatic rings. The number of rotatable bonds is 3. The van der Waals surface area contributed by atoms with E-state index in [1.807, 2.05) is 4.90 Å². The number of piperazine rings is 1. The quantitative estimate of drug-likeness (QED) is 0.897. The molecule has 4 rings (SSSR count). The SMILES string of the molecule is O=c1[nH]c(CN2CCN(CC(F)(F)F)CC2)nc2sc3c(c12)CCC3. The average Bonchev–Trinajstić information content (AvgIpc) is 3.08. The Morgan fingerprint density at radius 2 is 1.84 bits per heavy atom. The van der Waals surface area contributed by atoms with Crippen molar-refractivity contribution in [2.75, 3.05) is 32.7 Å². The Kier molecular flexibility index (Phi) is 4.33. The van der Waals surface area contributed by atoms with Crippen LogP contribution >= 0.6 is 11.3 Å². The number of nitrogens with one attached hydrogen (secondary N) is 1. The van der Waals surface area contributed by atoms with E-state index < -0.39 is 12.7 Å². The Labute approximate surface area is 146 Å². The smallest absolute Gasteiger partial charge is 0.309 e. The number of aromatic amines is 1. The predicted molar refractivity (Wildman–Crippen MR) is 90.0 cm³/mol. The molecule has 1 fully saturated rings. The van der Waals surface area contributed by atoms with E-state index in [2.05, 4.69) is 9.97 Å². The lowest BCUT2D eigenvalue weighted by atomic mass is 10.2. The van der Waals surface area contributed by atoms with Crippen LogP contribution < -0.4 is 5.56 Å². The van der Waals surface area contributed by atoms with Crippen molar-refractivity contribution in [1.29, 1.82) is 0 Å². The van der Waals surface area contributed by atoms with Gasteiger partial charge < -0.3 is 4.98 Å². The summed E-state index contributed by atoms with van der Waals surface area (Å²) in [6.07, 6.45) is -1.09. The lowest BCUT2D eigenvalue weighted by Gasteiger charge is -2.34. The highest BCUT2D eigenvalue weighted by Gasteiger charge is 2.32. The highest BCUT2D eigenvalue weighted by molar-refractivity contribution is 7.18. The van der Waals surface area contributed by atoms with Gasteiger partial charge in [-0.05, 0) is 24.8 Å². The van der Waals surface area contributed by atoms with E-state index in [-0.39, 0.29) is 5.56 Å². The first-order chi connectivity index (χ1) is 11.9. The van der Waals surface area contributed by atoms with Crippen molar-refractivity contribution in [2.24, 2.45) is 0 Å². The van der Waals surface area contributed by atoms with Gasteiger partial charge in [0.15, 0.2) is 0 Å². The van der Waals surface area contributed by atoms with Crippen molar-refractivity contribution < 1.29 is 13.2 Å². The third-order valence-corrected chi connectivity index (χ3v) is 6.05. The zero-order valence-corrected chi connectivity index (χ0v) is 14.5. The summed E-state index contributed by atoms with van der Waals surface area (Å²) >= 11 is 1.60. The van der Waals surface area contributed by atoms with Crippen LogP contribution in [0.4, 0.5) is 13.2 Å². The molecule has 0 spiro atoms. The van der Waals surface area contributed by atoms with Crippen LogP contribution in [-0.2, 0) is 19.4 Å². The van der Waals surface area contributed by atoms with Crippen LogP contribution in [-0.4, -0.2) is 58.7 Å². The lowest BCUT2D eigenvalue weighted by molar-refractivity contribution is -0.149. The second-order valence-corrected chi connectivity index (χ2v) is 7.80. The molecular formula is C16H19F3N4OS. The zero-order valence-electron chi connectivity index (χ0n) is 13.7. The molecule has 1 aliphatic heterocycles. The average molecular weight is 372 g/mol. The first-order valence-corrected chi connectivity index (χ1v) is 9.25. The summed E-state index contributed by atoms with van der Waals surface area (Å²) in [7, 11) is 0. The molecule has 0 radical (unpaired) electrons. The Balaban J connectivity index is 1.45. The minimum Gasteiger partial charge on any atom is -0.309 e. The summed E-state index contributed by atoms with van der Waals surface area (Å²) in [6, 6.07) is 0. The second-order valence-electron chi connectivity index (χ2n) is 6.72. The number of fused-ring (bicyclic) bond motifs is 3. The van der Waals surface area contributed by atoms with Crippen LogP contribution in [0.15, 0.2) is 4.79 Å². The molecule has 1 aliphatic carbocycles. The largest absolute Gasteiger partial charge is 0.401 e. The number of thiophene rings is 1. The van der Waals surface area contributed by atoms with Gasteiger partial charge in [0.05, 0.1) is 18.5 Å². The molecule has 0 amide bonds. The van der Waals surface area contributed by atoms with E-state index in [1.165, 1.54) is 9.78 Å². The summed E-state index contributed by atoms with van der Waals surface area (Å²) < 4.78 is 37.3. The van der Waals surface area contributed by atoms with Gasteiger partial charge in [-0.1, -0.05) is 0 Å². The van der Waals surface area contributed by atoms with Crippen LogP contribution in [0.25, 0.3) is 10.2 Å². The van der Waals surface area contributed by atoms with E-state index in [4.69, 9.17) is 0 Å². The Hall–Kier alpha value is -1.45. The van der Waals surface area contributed by atoms with Crippen molar-refractivity contribution in [3.05, 3.63) is 26.6 Å². The molecule has 0 aromatic carbocycles. The van der Waals surface area contributed by atoms with E-state index in [1.54, 1.807) is 11.3 Å². The standard InChI is InChI=1S/C16H19F3N4OS/c17-16(18,19)9-23-6-4-22(5-7-23)8-12-20-14(24)13-10-2-1-3-11(10)25-15(13)21-12/h1-9H2,(H,20,21,24). The summed E-state index contributed by atoms with van der Waals surface area (Å²) in [5.74, 6) is 0.599. The third-order valence-electron chi connectivity index (χ3n) is 4.87. The molecule has 5 nitrogen and oxygen atoms in total. The monoisotopic (exact) mass is 372 g/mol. The molecule has 1 saturated heterocycles. The van der Waals surface area contributed by atoms with Crippen LogP contribution in [0, 0.1) is 0 Å². The predicted octanol–water partition coefficient (Wildman–Crippen LogP) is 2.15. The molecule has 2 aliphatic rings. The molecule has 25 heavy (non-hydrogen) atoms. The second kappa shape index (κ2) is 6.37. The number of nitrogens with zero attached hydrogens (tertiary/aromatic N) is 3. The van der Waals surface area contributed by atoms with Gasteiger partial charge >= 0.3 is 6.18 Å². The molecule has 0 atom stereocenters. The number of H-pyrrole nitrogens is 1. The molecule has 9 heteroatoms. The van der Waals surface area contributed by atoms with Crippen LogP contribution in [0.2, 0.25) is 0 Å². The maximum absolute atomic E-state index is 12.4. The minimum atomic E-state index is -4.15. The number of aryl methyl sites for hydroxylation is 2. The van der Waals surface area contributed by atoms with Crippen LogP contribution in [0.3, 0.4) is 0 Å². The van der Waals surface area contributed by atoms with Crippen molar-refractivity contribution in [3.8, 4) is 0 Å². The molecule has 136 valence electrons. The number of hydrogen-bond acceptors (Lipinski definition) is 5. The third kappa shape index (κ3) is 3.58. The zero-order chi connectivity index (χ0) is 17.6. The van der Waals surface area contributed by atoms with Gasteiger partial charge in [-0.2, -0.15) is 13.2 Å². The Morgan fingerprint density at radius 3 is 2.56 bits per heavy atom. The Morgan fingerprint density at radius 1 is 1.12 bits per heavy atom. The summed E-state index contributed by atoms with van der Waals surface area (Å²) in [5.41, 5.74) is 1.07. The van der Waals surface area contributed by atoms with Gasteiger partial charge in [0.1, 0.15) is 10.7 Å². The molecule has 1 N–H and O–H groups in total. The number of alkyl halides is 3. The summed E-state index contributed by atoms with van der Waals surface area (Å²) in [6.45, 7) is 1.44. The van der Waals surface area contributed by atoms with Gasteiger partial charge in [0.2, 0.25) is 0 Å². The Bertz CT molecular complexity index is 836. The van der Waals surface area contributed by atoms with Gasteiger partial charge in [-0.3, -0.25) is 14.6 Å². The van der Waals surface area contributed by atoms with Crippen LogP contribution in [0.1, 0.15) is 22.7 Å².